The van der Waals surface area contributed by atoms with E-state index in [1.54, 1.807) is 0 Å². The van der Waals surface area contributed by atoms with Gasteiger partial charge in [0.05, 0.1) is 17.6 Å². The van der Waals surface area contributed by atoms with E-state index in [0.29, 0.717) is 18.4 Å². The highest BCUT2D eigenvalue weighted by atomic mass is 35.5. The number of imidazole rings is 1. The summed E-state index contributed by atoms with van der Waals surface area (Å²) in [6.45, 7) is 7.34. The van der Waals surface area contributed by atoms with Gasteiger partial charge in [-0.3, -0.25) is 0 Å². The summed E-state index contributed by atoms with van der Waals surface area (Å²) >= 11 is 6.53. The lowest BCUT2D eigenvalue weighted by atomic mass is 9.96. The molecule has 172 valence electrons. The van der Waals surface area contributed by atoms with E-state index in [2.05, 4.69) is 71.9 Å². The summed E-state index contributed by atoms with van der Waals surface area (Å²) in [6, 6.07) is 23.0. The van der Waals surface area contributed by atoms with Gasteiger partial charge >= 0.3 is 0 Å². The minimum absolute atomic E-state index is 0.106. The summed E-state index contributed by atoms with van der Waals surface area (Å²) < 4.78 is 7.66. The molecule has 0 aliphatic heterocycles. The summed E-state index contributed by atoms with van der Waals surface area (Å²) in [5, 5.41) is 8.60. The Bertz CT molecular complexity index is 1400. The van der Waals surface area contributed by atoms with Gasteiger partial charge in [-0.25, -0.2) is 4.98 Å². The van der Waals surface area contributed by atoms with E-state index in [1.807, 2.05) is 30.3 Å². The van der Waals surface area contributed by atoms with Gasteiger partial charge in [-0.1, -0.05) is 74.8 Å². The topological polar surface area (TPSA) is 56.7 Å². The van der Waals surface area contributed by atoms with Crippen molar-refractivity contribution in [1.29, 1.82) is 0 Å². The van der Waals surface area contributed by atoms with Crippen LogP contribution in [0.3, 0.4) is 0 Å². The molecule has 0 spiro atoms. The number of hydrogen-bond acceptors (Lipinski definition) is 4. The Hall–Kier alpha value is -3.44. The Kier molecular flexibility index (Phi) is 6.20. The summed E-state index contributed by atoms with van der Waals surface area (Å²) in [7, 11) is 0. The maximum atomic E-state index is 6.53. The van der Waals surface area contributed by atoms with Crippen molar-refractivity contribution in [2.24, 2.45) is 5.92 Å². The Morgan fingerprint density at radius 2 is 1.76 bits per heavy atom. The van der Waals surface area contributed by atoms with Gasteiger partial charge in [-0.05, 0) is 53.3 Å². The maximum Gasteiger partial charge on any atom is 0.247 e. The molecule has 5 aromatic rings. The third-order valence-corrected chi connectivity index (χ3v) is 6.55. The Labute approximate surface area is 204 Å². The number of fused-ring (bicyclic) bond motifs is 1. The first-order valence-corrected chi connectivity index (χ1v) is 12.0. The Morgan fingerprint density at radius 1 is 0.971 bits per heavy atom. The van der Waals surface area contributed by atoms with Gasteiger partial charge in [0.1, 0.15) is 5.82 Å². The molecule has 1 atom stereocenters. The van der Waals surface area contributed by atoms with Crippen LogP contribution in [0.1, 0.15) is 49.2 Å². The molecule has 0 fully saturated rings. The van der Waals surface area contributed by atoms with Gasteiger partial charge in [0.2, 0.25) is 12.3 Å². The number of rotatable bonds is 7. The fourth-order valence-electron chi connectivity index (χ4n) is 4.44. The first-order chi connectivity index (χ1) is 16.5. The van der Waals surface area contributed by atoms with E-state index in [-0.39, 0.29) is 5.92 Å². The molecule has 3 aromatic carbocycles. The van der Waals surface area contributed by atoms with Crippen LogP contribution in [-0.4, -0.2) is 19.7 Å². The molecule has 34 heavy (non-hydrogen) atoms. The first kappa shape index (κ1) is 22.4. The highest BCUT2D eigenvalue weighted by molar-refractivity contribution is 6.31. The third-order valence-electron chi connectivity index (χ3n) is 6.18. The lowest BCUT2D eigenvalue weighted by Crippen LogP contribution is -2.10. The van der Waals surface area contributed by atoms with Gasteiger partial charge < -0.3 is 8.98 Å². The minimum Gasteiger partial charge on any atom is -0.423 e. The van der Waals surface area contributed by atoms with Crippen molar-refractivity contribution in [2.45, 2.75) is 39.7 Å². The number of nitrogens with zero attached hydrogens (tertiary/aromatic N) is 4. The third kappa shape index (κ3) is 4.48. The molecule has 0 aliphatic rings. The predicted molar refractivity (Wildman–Crippen MR) is 136 cm³/mol. The first-order valence-electron chi connectivity index (χ1n) is 11.6. The largest absolute Gasteiger partial charge is 0.423 e. The molecule has 2 heterocycles. The Morgan fingerprint density at radius 3 is 2.47 bits per heavy atom. The van der Waals surface area contributed by atoms with E-state index in [1.165, 1.54) is 17.5 Å². The molecule has 0 bridgehead atoms. The van der Waals surface area contributed by atoms with Crippen LogP contribution < -0.4 is 0 Å². The molecular weight excluding hydrogens is 444 g/mol. The van der Waals surface area contributed by atoms with Gasteiger partial charge in [0, 0.05) is 16.5 Å². The normalized spacial score (nSPS) is 12.5. The van der Waals surface area contributed by atoms with Crippen LogP contribution in [0.25, 0.3) is 22.5 Å². The van der Waals surface area contributed by atoms with Gasteiger partial charge in [-0.15, -0.1) is 10.2 Å². The van der Waals surface area contributed by atoms with Crippen molar-refractivity contribution >= 4 is 22.6 Å². The molecule has 1 unspecified atom stereocenters. The number of aromatic nitrogens is 4. The molecular formula is C28H27ClN4O. The highest BCUT2D eigenvalue weighted by Crippen LogP contribution is 2.31. The highest BCUT2D eigenvalue weighted by Gasteiger charge is 2.20. The average Bonchev–Trinajstić information content (AvgIpc) is 3.48. The van der Waals surface area contributed by atoms with Gasteiger partial charge in [0.25, 0.3) is 0 Å². The van der Waals surface area contributed by atoms with Crippen LogP contribution in [0.4, 0.5) is 0 Å². The van der Waals surface area contributed by atoms with Crippen molar-refractivity contribution in [3.05, 3.63) is 101 Å². The summed E-state index contributed by atoms with van der Waals surface area (Å²) in [6.07, 6.45) is 2.42. The molecule has 0 amide bonds. The van der Waals surface area contributed by atoms with Crippen molar-refractivity contribution < 1.29 is 4.42 Å². The zero-order chi connectivity index (χ0) is 23.7. The summed E-state index contributed by atoms with van der Waals surface area (Å²) in [5.41, 5.74) is 6.44. The average molecular weight is 471 g/mol. The summed E-state index contributed by atoms with van der Waals surface area (Å²) in [4.78, 5) is 5.09. The van der Waals surface area contributed by atoms with E-state index in [9.17, 15) is 0 Å². The van der Waals surface area contributed by atoms with Gasteiger partial charge in [-0.2, -0.15) is 0 Å². The second-order valence-corrected chi connectivity index (χ2v) is 9.56. The quantitative estimate of drug-likeness (QED) is 0.253. The fraction of sp³-hybridized carbons (Fsp3) is 0.250. The van der Waals surface area contributed by atoms with Crippen LogP contribution in [-0.2, 0) is 13.0 Å². The molecule has 0 saturated heterocycles. The van der Waals surface area contributed by atoms with Crippen molar-refractivity contribution in [3.63, 3.8) is 0 Å². The minimum atomic E-state index is 0.106. The zero-order valence-corrected chi connectivity index (χ0v) is 20.3. The molecule has 0 saturated carbocycles. The van der Waals surface area contributed by atoms with Crippen molar-refractivity contribution in [2.75, 3.05) is 0 Å². The zero-order valence-electron chi connectivity index (χ0n) is 19.6. The fourth-order valence-corrected chi connectivity index (χ4v) is 4.63. The predicted octanol–water partition coefficient (Wildman–Crippen LogP) is 7.14. The SMILES string of the molecule is CC(C)Cc1ccc(C(C)c2nc3cc(-c4nnco4)ccc3n2Cc2ccccc2Cl)cc1. The lowest BCUT2D eigenvalue weighted by molar-refractivity contribution is 0.568. The molecule has 2 aromatic heterocycles. The van der Waals surface area contributed by atoms with Crippen LogP contribution in [0.2, 0.25) is 5.02 Å². The van der Waals surface area contributed by atoms with E-state index >= 15 is 0 Å². The van der Waals surface area contributed by atoms with E-state index in [0.717, 1.165) is 39.4 Å². The van der Waals surface area contributed by atoms with Gasteiger partial charge in [0.15, 0.2) is 0 Å². The monoisotopic (exact) mass is 470 g/mol. The summed E-state index contributed by atoms with van der Waals surface area (Å²) in [5.74, 6) is 2.22. The molecule has 5 rings (SSSR count). The number of halogens is 1. The molecule has 5 nitrogen and oxygen atoms in total. The van der Waals surface area contributed by atoms with Crippen LogP contribution in [0.5, 0.6) is 0 Å². The van der Waals surface area contributed by atoms with Crippen molar-refractivity contribution in [1.82, 2.24) is 19.7 Å². The Balaban J connectivity index is 1.59. The standard InChI is InChI=1S/C28H27ClN4O/c1-18(2)14-20-8-10-21(11-9-20)19(3)27-31-25-15-22(28-32-30-17-34-28)12-13-26(25)33(27)16-23-6-4-5-7-24(23)29/h4-13,15,17-19H,14,16H2,1-3H3. The van der Waals surface area contributed by atoms with Crippen LogP contribution in [0, 0.1) is 5.92 Å². The molecule has 0 aliphatic carbocycles. The number of benzene rings is 3. The maximum absolute atomic E-state index is 6.53. The molecule has 0 N–H and O–H groups in total. The second-order valence-electron chi connectivity index (χ2n) is 9.16. The molecule has 6 heteroatoms. The number of hydrogen-bond donors (Lipinski definition) is 0. The van der Waals surface area contributed by atoms with Crippen LogP contribution in [0.15, 0.2) is 77.5 Å². The lowest BCUT2D eigenvalue weighted by Gasteiger charge is -2.17. The van der Waals surface area contributed by atoms with Crippen LogP contribution >= 0.6 is 11.6 Å². The van der Waals surface area contributed by atoms with Crippen molar-refractivity contribution in [3.8, 4) is 11.5 Å². The van der Waals surface area contributed by atoms with E-state index < -0.39 is 0 Å². The smallest absolute Gasteiger partial charge is 0.247 e. The second kappa shape index (κ2) is 9.43. The van der Waals surface area contributed by atoms with E-state index in [4.69, 9.17) is 21.0 Å². The molecule has 0 radical (unpaired) electrons.